The summed E-state index contributed by atoms with van der Waals surface area (Å²) in [6.07, 6.45) is 1.19. The molecule has 0 spiro atoms. The molecule has 0 bridgehead atoms. The van der Waals surface area contributed by atoms with E-state index in [-0.39, 0.29) is 11.4 Å². The second kappa shape index (κ2) is 6.53. The number of ether oxygens (including phenoxy) is 1. The number of anilines is 1. The Morgan fingerprint density at radius 2 is 2.20 bits per heavy atom. The van der Waals surface area contributed by atoms with E-state index in [9.17, 15) is 4.79 Å². The number of carbonyl (C=O) groups is 1. The Morgan fingerprint density at radius 3 is 2.90 bits per heavy atom. The summed E-state index contributed by atoms with van der Waals surface area (Å²) in [6.45, 7) is 6.81. The van der Waals surface area contributed by atoms with Crippen LogP contribution in [0.2, 0.25) is 0 Å². The van der Waals surface area contributed by atoms with Crippen LogP contribution >= 0.6 is 11.8 Å². The number of hydrogen-bond donors (Lipinski definition) is 1. The summed E-state index contributed by atoms with van der Waals surface area (Å²) in [5, 5.41) is 3.56. The van der Waals surface area contributed by atoms with Crippen molar-refractivity contribution in [2.45, 2.75) is 33.2 Å². The SMILES string of the molecule is CCOC(=O)c1ccccc1NC1CSCCC1(C)C. The van der Waals surface area contributed by atoms with Gasteiger partial charge in [-0.25, -0.2) is 4.79 Å². The third kappa shape index (κ3) is 3.48. The number of benzene rings is 1. The Morgan fingerprint density at radius 1 is 1.45 bits per heavy atom. The molecule has 1 aliphatic rings. The Labute approximate surface area is 125 Å². The fraction of sp³-hybridized carbons (Fsp3) is 0.562. The molecule has 1 heterocycles. The average Bonchev–Trinajstić information content (AvgIpc) is 2.42. The molecule has 1 atom stereocenters. The number of carbonyl (C=O) groups excluding carboxylic acids is 1. The van der Waals surface area contributed by atoms with E-state index in [1.165, 1.54) is 12.2 Å². The Balaban J connectivity index is 2.18. The van der Waals surface area contributed by atoms with Crippen LogP contribution in [0.3, 0.4) is 0 Å². The zero-order valence-electron chi connectivity index (χ0n) is 12.4. The number of nitrogens with one attached hydrogen (secondary N) is 1. The zero-order valence-corrected chi connectivity index (χ0v) is 13.3. The summed E-state index contributed by atoms with van der Waals surface area (Å²) in [5.41, 5.74) is 1.75. The molecule has 3 nitrogen and oxygen atoms in total. The van der Waals surface area contributed by atoms with Gasteiger partial charge in [-0.15, -0.1) is 0 Å². The van der Waals surface area contributed by atoms with E-state index in [1.807, 2.05) is 43.0 Å². The van der Waals surface area contributed by atoms with E-state index in [1.54, 1.807) is 0 Å². The highest BCUT2D eigenvalue weighted by Gasteiger charge is 2.33. The Kier molecular flexibility index (Phi) is 4.97. The summed E-state index contributed by atoms with van der Waals surface area (Å²) < 4.78 is 5.13. The van der Waals surface area contributed by atoms with Crippen LogP contribution in [0.25, 0.3) is 0 Å². The van der Waals surface area contributed by atoms with Crippen LogP contribution in [0.4, 0.5) is 5.69 Å². The second-order valence-corrected chi connectivity index (χ2v) is 6.93. The normalized spacial score (nSPS) is 21.2. The topological polar surface area (TPSA) is 38.3 Å². The number of esters is 1. The highest BCUT2D eigenvalue weighted by Crippen LogP contribution is 2.36. The number of para-hydroxylation sites is 1. The Hall–Kier alpha value is -1.16. The molecular weight excluding hydrogens is 270 g/mol. The minimum atomic E-state index is -0.253. The molecule has 1 aromatic rings. The van der Waals surface area contributed by atoms with Gasteiger partial charge in [0.05, 0.1) is 12.2 Å². The van der Waals surface area contributed by atoms with Crippen molar-refractivity contribution in [2.75, 3.05) is 23.4 Å². The van der Waals surface area contributed by atoms with Crippen LogP contribution in [-0.4, -0.2) is 30.1 Å². The zero-order chi connectivity index (χ0) is 14.6. The molecule has 1 aromatic carbocycles. The predicted molar refractivity (Wildman–Crippen MR) is 85.5 cm³/mol. The quantitative estimate of drug-likeness (QED) is 0.857. The van der Waals surface area contributed by atoms with E-state index in [0.29, 0.717) is 18.2 Å². The molecule has 2 rings (SSSR count). The van der Waals surface area contributed by atoms with Crippen LogP contribution in [0.1, 0.15) is 37.6 Å². The smallest absolute Gasteiger partial charge is 0.340 e. The molecule has 20 heavy (non-hydrogen) atoms. The van der Waals surface area contributed by atoms with Gasteiger partial charge in [-0.3, -0.25) is 0 Å². The lowest BCUT2D eigenvalue weighted by Gasteiger charge is -2.39. The van der Waals surface area contributed by atoms with Crippen molar-refractivity contribution in [1.29, 1.82) is 0 Å². The van der Waals surface area contributed by atoms with Gasteiger partial charge < -0.3 is 10.1 Å². The van der Waals surface area contributed by atoms with Crippen molar-refractivity contribution in [3.63, 3.8) is 0 Å². The number of rotatable bonds is 4. The molecule has 0 aliphatic carbocycles. The van der Waals surface area contributed by atoms with E-state index < -0.39 is 0 Å². The molecule has 110 valence electrons. The highest BCUT2D eigenvalue weighted by molar-refractivity contribution is 7.99. The fourth-order valence-electron chi connectivity index (χ4n) is 2.36. The van der Waals surface area contributed by atoms with Gasteiger partial charge in [0.25, 0.3) is 0 Å². The van der Waals surface area contributed by atoms with Gasteiger partial charge in [0.15, 0.2) is 0 Å². The number of thioether (sulfide) groups is 1. The summed E-state index contributed by atoms with van der Waals surface area (Å²) in [7, 11) is 0. The van der Waals surface area contributed by atoms with E-state index in [4.69, 9.17) is 4.74 Å². The highest BCUT2D eigenvalue weighted by atomic mass is 32.2. The second-order valence-electron chi connectivity index (χ2n) is 5.78. The van der Waals surface area contributed by atoms with Crippen molar-refractivity contribution in [3.8, 4) is 0 Å². The third-order valence-corrected chi connectivity index (χ3v) is 4.93. The first-order valence-electron chi connectivity index (χ1n) is 7.15. The fourth-order valence-corrected chi connectivity index (χ4v) is 3.96. The van der Waals surface area contributed by atoms with Crippen LogP contribution in [0, 0.1) is 5.41 Å². The minimum absolute atomic E-state index is 0.243. The lowest BCUT2D eigenvalue weighted by atomic mass is 9.82. The van der Waals surface area contributed by atoms with Crippen molar-refractivity contribution in [3.05, 3.63) is 29.8 Å². The van der Waals surface area contributed by atoms with Crippen LogP contribution in [0.5, 0.6) is 0 Å². The molecule has 1 unspecified atom stereocenters. The average molecular weight is 293 g/mol. The molecule has 0 amide bonds. The molecule has 0 saturated carbocycles. The summed E-state index contributed by atoms with van der Waals surface area (Å²) in [5.74, 6) is 2.03. The first-order chi connectivity index (χ1) is 9.54. The molecule has 4 heteroatoms. The molecule has 1 N–H and O–H groups in total. The molecule has 1 saturated heterocycles. The van der Waals surface area contributed by atoms with Crippen molar-refractivity contribution in [2.24, 2.45) is 5.41 Å². The molecular formula is C16H23NO2S. The first-order valence-corrected chi connectivity index (χ1v) is 8.30. The van der Waals surface area contributed by atoms with Gasteiger partial charge in [-0.1, -0.05) is 26.0 Å². The van der Waals surface area contributed by atoms with Crippen molar-refractivity contribution in [1.82, 2.24) is 0 Å². The van der Waals surface area contributed by atoms with Crippen molar-refractivity contribution >= 4 is 23.4 Å². The molecule has 0 aromatic heterocycles. The summed E-state index contributed by atoms with van der Waals surface area (Å²) in [4.78, 5) is 12.0. The number of hydrogen-bond acceptors (Lipinski definition) is 4. The van der Waals surface area contributed by atoms with Crippen LogP contribution in [-0.2, 0) is 4.74 Å². The Bertz CT molecular complexity index is 473. The summed E-state index contributed by atoms with van der Waals surface area (Å²) in [6, 6.07) is 7.98. The molecule has 1 aliphatic heterocycles. The third-order valence-electron chi connectivity index (χ3n) is 3.87. The lowest BCUT2D eigenvalue weighted by Crippen LogP contribution is -2.42. The van der Waals surface area contributed by atoms with Gasteiger partial charge in [0.2, 0.25) is 0 Å². The van der Waals surface area contributed by atoms with Crippen LogP contribution < -0.4 is 5.32 Å². The monoisotopic (exact) mass is 293 g/mol. The largest absolute Gasteiger partial charge is 0.462 e. The van der Waals surface area contributed by atoms with Crippen molar-refractivity contribution < 1.29 is 9.53 Å². The van der Waals surface area contributed by atoms with Crippen LogP contribution in [0.15, 0.2) is 24.3 Å². The maximum Gasteiger partial charge on any atom is 0.340 e. The first kappa shape index (κ1) is 15.2. The molecule has 0 radical (unpaired) electrons. The predicted octanol–water partition coefficient (Wildman–Crippen LogP) is 3.81. The van der Waals surface area contributed by atoms with Gasteiger partial charge in [0, 0.05) is 17.5 Å². The molecule has 1 fully saturated rings. The van der Waals surface area contributed by atoms with Gasteiger partial charge in [-0.2, -0.15) is 11.8 Å². The van der Waals surface area contributed by atoms with E-state index in [0.717, 1.165) is 11.4 Å². The maximum atomic E-state index is 12.0. The standard InChI is InChI=1S/C16H23NO2S/c1-4-19-15(18)12-7-5-6-8-13(12)17-14-11-20-10-9-16(14,2)3/h5-8,14,17H,4,9-11H2,1-3H3. The van der Waals surface area contributed by atoms with Gasteiger partial charge in [0.1, 0.15) is 0 Å². The minimum Gasteiger partial charge on any atom is -0.462 e. The lowest BCUT2D eigenvalue weighted by molar-refractivity contribution is 0.0527. The van der Waals surface area contributed by atoms with Gasteiger partial charge in [-0.05, 0) is 36.6 Å². The van der Waals surface area contributed by atoms with E-state index >= 15 is 0 Å². The summed E-state index contributed by atoms with van der Waals surface area (Å²) >= 11 is 1.97. The van der Waals surface area contributed by atoms with Gasteiger partial charge >= 0.3 is 5.97 Å². The van der Waals surface area contributed by atoms with E-state index in [2.05, 4.69) is 19.2 Å². The maximum absolute atomic E-state index is 12.0.